The first-order chi connectivity index (χ1) is 12.0. The molecular weight excluding hydrogens is 314 g/mol. The first kappa shape index (κ1) is 17.0. The van der Waals surface area contributed by atoms with Crippen LogP contribution in [-0.2, 0) is 11.2 Å². The van der Waals surface area contributed by atoms with Gasteiger partial charge in [-0.25, -0.2) is 4.79 Å². The molecule has 0 bridgehead atoms. The summed E-state index contributed by atoms with van der Waals surface area (Å²) in [6.07, 6.45) is 1.63. The van der Waals surface area contributed by atoms with Crippen LogP contribution < -0.4 is 16.4 Å². The molecule has 2 atom stereocenters. The van der Waals surface area contributed by atoms with E-state index in [9.17, 15) is 9.59 Å². The quantitative estimate of drug-likeness (QED) is 0.667. The maximum atomic E-state index is 12.6. The fourth-order valence-corrected chi connectivity index (χ4v) is 3.30. The topological polar surface area (TPSA) is 84.2 Å². The Morgan fingerprint density at radius 2 is 1.84 bits per heavy atom. The van der Waals surface area contributed by atoms with Gasteiger partial charge in [0.1, 0.15) is 6.04 Å². The molecule has 4 N–H and O–H groups in total. The third-order valence-electron chi connectivity index (χ3n) is 4.85. The van der Waals surface area contributed by atoms with Crippen LogP contribution in [0.4, 0.5) is 10.5 Å². The molecule has 130 valence electrons. The predicted molar refractivity (Wildman–Crippen MR) is 99.3 cm³/mol. The van der Waals surface area contributed by atoms with Gasteiger partial charge in [0.25, 0.3) is 0 Å². The molecule has 0 heterocycles. The Balaban J connectivity index is 1.78. The van der Waals surface area contributed by atoms with Gasteiger partial charge in [0, 0.05) is 5.69 Å². The SMILES string of the molecule is CCC(C)C(NC(N)=O)C(=O)Nc1ccc2c(c1)Cc1ccccc1-2. The van der Waals surface area contributed by atoms with E-state index in [1.54, 1.807) is 0 Å². The zero-order chi connectivity index (χ0) is 18.0. The van der Waals surface area contributed by atoms with Gasteiger partial charge in [-0.05, 0) is 46.7 Å². The number of hydrogen-bond donors (Lipinski definition) is 3. The van der Waals surface area contributed by atoms with E-state index in [1.165, 1.54) is 22.3 Å². The molecule has 0 radical (unpaired) electrons. The first-order valence-corrected chi connectivity index (χ1v) is 8.57. The van der Waals surface area contributed by atoms with Crippen LogP contribution in [0.15, 0.2) is 42.5 Å². The summed E-state index contributed by atoms with van der Waals surface area (Å²) in [5.41, 5.74) is 10.9. The molecule has 1 aliphatic carbocycles. The van der Waals surface area contributed by atoms with Crippen LogP contribution in [0.2, 0.25) is 0 Å². The number of nitrogens with one attached hydrogen (secondary N) is 2. The predicted octanol–water partition coefficient (Wildman–Crippen LogP) is 3.28. The van der Waals surface area contributed by atoms with E-state index in [0.717, 1.165) is 18.5 Å². The van der Waals surface area contributed by atoms with Crippen LogP contribution in [0.5, 0.6) is 0 Å². The van der Waals surface area contributed by atoms with Crippen molar-refractivity contribution in [1.82, 2.24) is 5.32 Å². The first-order valence-electron chi connectivity index (χ1n) is 8.57. The highest BCUT2D eigenvalue weighted by Crippen LogP contribution is 2.37. The van der Waals surface area contributed by atoms with Crippen molar-refractivity contribution in [2.24, 2.45) is 11.7 Å². The summed E-state index contributed by atoms with van der Waals surface area (Å²) in [6.45, 7) is 3.89. The van der Waals surface area contributed by atoms with Crippen molar-refractivity contribution in [3.05, 3.63) is 53.6 Å². The lowest BCUT2D eigenvalue weighted by Gasteiger charge is -2.22. The van der Waals surface area contributed by atoms with E-state index in [2.05, 4.69) is 22.8 Å². The summed E-state index contributed by atoms with van der Waals surface area (Å²) in [5.74, 6) is -0.255. The molecular formula is C20H23N3O2. The number of benzene rings is 2. The van der Waals surface area contributed by atoms with Gasteiger partial charge in [0.05, 0.1) is 0 Å². The molecule has 2 aromatic rings. The number of anilines is 1. The Hall–Kier alpha value is -2.82. The molecule has 2 unspecified atom stereocenters. The molecule has 5 nitrogen and oxygen atoms in total. The van der Waals surface area contributed by atoms with Crippen LogP contribution in [0.1, 0.15) is 31.4 Å². The fourth-order valence-electron chi connectivity index (χ4n) is 3.30. The van der Waals surface area contributed by atoms with E-state index in [-0.39, 0.29) is 11.8 Å². The molecule has 5 heteroatoms. The minimum absolute atomic E-state index is 0.00816. The highest BCUT2D eigenvalue weighted by Gasteiger charge is 2.26. The van der Waals surface area contributed by atoms with E-state index < -0.39 is 12.1 Å². The zero-order valence-electron chi connectivity index (χ0n) is 14.5. The summed E-state index contributed by atoms with van der Waals surface area (Å²) in [6, 6.07) is 12.9. The zero-order valence-corrected chi connectivity index (χ0v) is 14.5. The molecule has 1 aliphatic rings. The van der Waals surface area contributed by atoms with Gasteiger partial charge in [0.15, 0.2) is 0 Å². The summed E-state index contributed by atoms with van der Waals surface area (Å²) < 4.78 is 0. The summed E-state index contributed by atoms with van der Waals surface area (Å²) in [5, 5.41) is 5.45. The number of carbonyl (C=O) groups excluding carboxylic acids is 2. The van der Waals surface area contributed by atoms with Crippen molar-refractivity contribution in [3.8, 4) is 11.1 Å². The van der Waals surface area contributed by atoms with Crippen LogP contribution in [0, 0.1) is 5.92 Å². The van der Waals surface area contributed by atoms with Gasteiger partial charge in [-0.15, -0.1) is 0 Å². The van der Waals surface area contributed by atoms with E-state index in [4.69, 9.17) is 5.73 Å². The number of amides is 3. The molecule has 0 saturated heterocycles. The largest absolute Gasteiger partial charge is 0.352 e. The minimum atomic E-state index is -0.690. The van der Waals surface area contributed by atoms with Crippen molar-refractivity contribution in [2.75, 3.05) is 5.32 Å². The number of rotatable bonds is 5. The Bertz CT molecular complexity index is 816. The third-order valence-corrected chi connectivity index (χ3v) is 4.85. The Kier molecular flexibility index (Phi) is 4.74. The molecule has 3 amide bonds. The van der Waals surface area contributed by atoms with Crippen molar-refractivity contribution in [3.63, 3.8) is 0 Å². The maximum Gasteiger partial charge on any atom is 0.312 e. The molecule has 25 heavy (non-hydrogen) atoms. The lowest BCUT2D eigenvalue weighted by molar-refractivity contribution is -0.119. The van der Waals surface area contributed by atoms with E-state index in [0.29, 0.717) is 0 Å². The number of primary amides is 1. The van der Waals surface area contributed by atoms with Crippen LogP contribution in [0.25, 0.3) is 11.1 Å². The standard InChI is InChI=1S/C20H23N3O2/c1-3-12(2)18(23-20(21)25)19(24)22-15-8-9-17-14(11-15)10-13-6-4-5-7-16(13)17/h4-9,11-12,18H,3,10H2,1-2H3,(H,22,24)(H3,21,23,25). The van der Waals surface area contributed by atoms with Crippen molar-refractivity contribution >= 4 is 17.6 Å². The summed E-state index contributed by atoms with van der Waals surface area (Å²) >= 11 is 0. The molecule has 0 aliphatic heterocycles. The Morgan fingerprint density at radius 3 is 2.56 bits per heavy atom. The number of urea groups is 1. The van der Waals surface area contributed by atoms with Crippen LogP contribution in [-0.4, -0.2) is 18.0 Å². The molecule has 0 fully saturated rings. The average Bonchev–Trinajstić information content (AvgIpc) is 2.96. The Morgan fingerprint density at radius 1 is 1.12 bits per heavy atom. The number of carbonyl (C=O) groups is 2. The van der Waals surface area contributed by atoms with Crippen molar-refractivity contribution < 1.29 is 9.59 Å². The van der Waals surface area contributed by atoms with Gasteiger partial charge < -0.3 is 16.4 Å². The van der Waals surface area contributed by atoms with Gasteiger partial charge >= 0.3 is 6.03 Å². The van der Waals surface area contributed by atoms with Crippen molar-refractivity contribution in [1.29, 1.82) is 0 Å². The van der Waals surface area contributed by atoms with Gasteiger partial charge in [-0.1, -0.05) is 50.6 Å². The molecule has 0 aromatic heterocycles. The fraction of sp³-hybridized carbons (Fsp3) is 0.300. The second kappa shape index (κ2) is 6.97. The number of nitrogens with two attached hydrogens (primary N) is 1. The highest BCUT2D eigenvalue weighted by molar-refractivity contribution is 5.97. The second-order valence-electron chi connectivity index (χ2n) is 6.57. The van der Waals surface area contributed by atoms with Gasteiger partial charge in [0.2, 0.25) is 5.91 Å². The molecule has 0 spiro atoms. The van der Waals surface area contributed by atoms with Crippen molar-refractivity contribution in [2.45, 2.75) is 32.7 Å². The molecule has 0 saturated carbocycles. The van der Waals surface area contributed by atoms with E-state index >= 15 is 0 Å². The van der Waals surface area contributed by atoms with Gasteiger partial charge in [-0.2, -0.15) is 0 Å². The Labute approximate surface area is 147 Å². The maximum absolute atomic E-state index is 12.6. The number of fused-ring (bicyclic) bond motifs is 3. The van der Waals surface area contributed by atoms with E-state index in [1.807, 2.05) is 44.2 Å². The second-order valence-corrected chi connectivity index (χ2v) is 6.57. The molecule has 2 aromatic carbocycles. The summed E-state index contributed by atoms with van der Waals surface area (Å²) in [4.78, 5) is 23.8. The van der Waals surface area contributed by atoms with Gasteiger partial charge in [-0.3, -0.25) is 4.79 Å². The lowest BCUT2D eigenvalue weighted by Crippen LogP contribution is -2.49. The monoisotopic (exact) mass is 337 g/mol. The normalized spacial score (nSPS) is 14.2. The molecule has 3 rings (SSSR count). The smallest absolute Gasteiger partial charge is 0.312 e. The average molecular weight is 337 g/mol. The third kappa shape index (κ3) is 3.50. The minimum Gasteiger partial charge on any atom is -0.352 e. The van der Waals surface area contributed by atoms with Crippen LogP contribution in [0.3, 0.4) is 0 Å². The lowest BCUT2D eigenvalue weighted by atomic mass is 9.98. The summed E-state index contributed by atoms with van der Waals surface area (Å²) in [7, 11) is 0. The number of hydrogen-bond acceptors (Lipinski definition) is 2. The highest BCUT2D eigenvalue weighted by atomic mass is 16.2. The van der Waals surface area contributed by atoms with Crippen LogP contribution >= 0.6 is 0 Å².